The summed E-state index contributed by atoms with van der Waals surface area (Å²) in [7, 11) is 2.19. The Morgan fingerprint density at radius 1 is 1.29 bits per heavy atom. The topological polar surface area (TPSA) is 26.7 Å². The predicted octanol–water partition coefficient (Wildman–Crippen LogP) is 1.95. The van der Waals surface area contributed by atoms with Crippen molar-refractivity contribution in [3.8, 4) is 0 Å². The Labute approximate surface area is 107 Å². The fourth-order valence-electron chi connectivity index (χ4n) is 3.44. The third-order valence-electron chi connectivity index (χ3n) is 3.83. The third kappa shape index (κ3) is 3.67. The first-order valence-corrected chi connectivity index (χ1v) is 6.77. The van der Waals surface area contributed by atoms with E-state index < -0.39 is 0 Å². The van der Waals surface area contributed by atoms with E-state index in [1.807, 2.05) is 0 Å². The van der Waals surface area contributed by atoms with Crippen LogP contribution in [0, 0.1) is 0 Å². The van der Waals surface area contributed by atoms with E-state index in [0.717, 1.165) is 19.5 Å². The molecule has 0 spiro atoms. The lowest BCUT2D eigenvalue weighted by Crippen LogP contribution is -2.59. The summed E-state index contributed by atoms with van der Waals surface area (Å²) in [5, 5.41) is 9.31. The fraction of sp³-hybridized carbons (Fsp3) is 1.00. The van der Waals surface area contributed by atoms with Crippen molar-refractivity contribution in [3.05, 3.63) is 0 Å². The minimum atomic E-state index is 0.147. The van der Waals surface area contributed by atoms with Crippen molar-refractivity contribution in [1.29, 1.82) is 0 Å². The summed E-state index contributed by atoms with van der Waals surface area (Å²) >= 11 is 0. The average Bonchev–Trinajstić information content (AvgIpc) is 2.22. The number of hydrogen-bond acceptors (Lipinski definition) is 3. The van der Waals surface area contributed by atoms with Crippen molar-refractivity contribution in [3.63, 3.8) is 0 Å². The fourth-order valence-corrected chi connectivity index (χ4v) is 3.44. The van der Waals surface area contributed by atoms with Gasteiger partial charge in [0.1, 0.15) is 0 Å². The molecule has 0 bridgehead atoms. The highest BCUT2D eigenvalue weighted by Crippen LogP contribution is 2.33. The number of aliphatic hydroxyl groups excluding tert-OH is 1. The molecule has 0 aromatic rings. The zero-order valence-corrected chi connectivity index (χ0v) is 12.5. The summed E-state index contributed by atoms with van der Waals surface area (Å²) in [5.74, 6) is 0. The number of nitrogens with zero attached hydrogens (tertiary/aromatic N) is 2. The first-order valence-electron chi connectivity index (χ1n) is 6.77. The quantitative estimate of drug-likeness (QED) is 0.802. The van der Waals surface area contributed by atoms with Gasteiger partial charge in [-0.2, -0.15) is 0 Å². The van der Waals surface area contributed by atoms with Gasteiger partial charge in [0.25, 0.3) is 0 Å². The predicted molar refractivity (Wildman–Crippen MR) is 73.3 cm³/mol. The molecule has 0 aliphatic carbocycles. The lowest BCUT2D eigenvalue weighted by Gasteiger charge is -2.50. The van der Waals surface area contributed by atoms with Gasteiger partial charge in [0.2, 0.25) is 0 Å². The minimum Gasteiger partial charge on any atom is -0.396 e. The summed E-state index contributed by atoms with van der Waals surface area (Å²) < 4.78 is 0. The van der Waals surface area contributed by atoms with Crippen LogP contribution in [0.15, 0.2) is 0 Å². The Morgan fingerprint density at radius 2 is 1.88 bits per heavy atom. The molecule has 102 valence electrons. The highest BCUT2D eigenvalue weighted by molar-refractivity contribution is 4.97. The first-order chi connectivity index (χ1) is 7.68. The second kappa shape index (κ2) is 5.25. The summed E-state index contributed by atoms with van der Waals surface area (Å²) in [5.41, 5.74) is 0.345. The van der Waals surface area contributed by atoms with E-state index in [2.05, 4.69) is 51.5 Å². The Bertz CT molecular complexity index is 245. The van der Waals surface area contributed by atoms with E-state index >= 15 is 0 Å². The van der Waals surface area contributed by atoms with Gasteiger partial charge in [-0.3, -0.25) is 4.90 Å². The molecule has 0 aromatic carbocycles. The van der Waals surface area contributed by atoms with E-state index in [9.17, 15) is 5.11 Å². The molecule has 1 unspecified atom stereocenters. The second-order valence-electron chi connectivity index (χ2n) is 7.03. The van der Waals surface area contributed by atoms with Crippen LogP contribution in [0.4, 0.5) is 0 Å². The summed E-state index contributed by atoms with van der Waals surface area (Å²) in [6.07, 6.45) is 2.05. The van der Waals surface area contributed by atoms with E-state index in [1.165, 1.54) is 6.42 Å². The van der Waals surface area contributed by atoms with Gasteiger partial charge in [0.15, 0.2) is 0 Å². The van der Waals surface area contributed by atoms with Crippen molar-refractivity contribution in [2.24, 2.45) is 0 Å². The summed E-state index contributed by atoms with van der Waals surface area (Å²) in [6, 6.07) is 0.447. The van der Waals surface area contributed by atoms with Gasteiger partial charge in [-0.25, -0.2) is 0 Å². The molecule has 1 N–H and O–H groups in total. The normalized spacial score (nSPS) is 28.1. The van der Waals surface area contributed by atoms with Gasteiger partial charge in [-0.15, -0.1) is 0 Å². The van der Waals surface area contributed by atoms with Gasteiger partial charge in [-0.1, -0.05) is 0 Å². The van der Waals surface area contributed by atoms with Crippen LogP contribution < -0.4 is 0 Å². The lowest BCUT2D eigenvalue weighted by molar-refractivity contribution is -0.0173. The molecule has 1 atom stereocenters. The zero-order chi connectivity index (χ0) is 13.3. The Morgan fingerprint density at radius 3 is 2.35 bits per heavy atom. The van der Waals surface area contributed by atoms with Gasteiger partial charge >= 0.3 is 0 Å². The highest BCUT2D eigenvalue weighted by atomic mass is 16.3. The molecule has 1 saturated heterocycles. The molecule has 1 aliphatic rings. The van der Waals surface area contributed by atoms with Gasteiger partial charge < -0.3 is 10.0 Å². The first kappa shape index (κ1) is 14.9. The average molecular weight is 242 g/mol. The van der Waals surface area contributed by atoms with Crippen molar-refractivity contribution in [2.75, 3.05) is 26.7 Å². The van der Waals surface area contributed by atoms with Crippen LogP contribution in [0.25, 0.3) is 0 Å². The van der Waals surface area contributed by atoms with Gasteiger partial charge in [-0.05, 0) is 61.1 Å². The van der Waals surface area contributed by atoms with Crippen molar-refractivity contribution in [2.45, 2.75) is 64.6 Å². The Balaban J connectivity index is 3.02. The van der Waals surface area contributed by atoms with E-state index in [0.29, 0.717) is 6.04 Å². The number of rotatable bonds is 2. The lowest BCUT2D eigenvalue weighted by atomic mass is 9.89. The molecule has 3 nitrogen and oxygen atoms in total. The molecule has 1 fully saturated rings. The van der Waals surface area contributed by atoms with E-state index in [1.54, 1.807) is 0 Å². The SMILES string of the molecule is CN1CCC(C)(C)N(C(C)(C)C)C(CCO)C1. The number of aliphatic hydroxyl groups is 1. The van der Waals surface area contributed by atoms with Crippen LogP contribution in [0.1, 0.15) is 47.5 Å². The molecular weight excluding hydrogens is 212 g/mol. The maximum absolute atomic E-state index is 9.31. The van der Waals surface area contributed by atoms with Crippen molar-refractivity contribution >= 4 is 0 Å². The van der Waals surface area contributed by atoms with Crippen LogP contribution in [0.3, 0.4) is 0 Å². The molecule has 0 radical (unpaired) electrons. The van der Waals surface area contributed by atoms with Crippen LogP contribution in [-0.2, 0) is 0 Å². The summed E-state index contributed by atoms with van der Waals surface area (Å²) in [4.78, 5) is 5.01. The third-order valence-corrected chi connectivity index (χ3v) is 3.83. The maximum Gasteiger partial charge on any atom is 0.0446 e. The smallest absolute Gasteiger partial charge is 0.0446 e. The largest absolute Gasteiger partial charge is 0.396 e. The van der Waals surface area contributed by atoms with E-state index in [4.69, 9.17) is 0 Å². The molecule has 1 rings (SSSR count). The molecule has 0 aromatic heterocycles. The molecule has 1 aliphatic heterocycles. The number of hydrogen-bond donors (Lipinski definition) is 1. The van der Waals surface area contributed by atoms with Crippen LogP contribution in [-0.4, -0.2) is 58.8 Å². The van der Waals surface area contributed by atoms with Crippen molar-refractivity contribution < 1.29 is 5.11 Å². The number of likely N-dealkylation sites (N-methyl/N-ethyl adjacent to an activating group) is 1. The summed E-state index contributed by atoms with van der Waals surface area (Å²) in [6.45, 7) is 14.0. The van der Waals surface area contributed by atoms with Gasteiger partial charge in [0, 0.05) is 30.3 Å². The van der Waals surface area contributed by atoms with Crippen LogP contribution in [0.2, 0.25) is 0 Å². The molecule has 1 heterocycles. The van der Waals surface area contributed by atoms with Crippen molar-refractivity contribution in [1.82, 2.24) is 9.80 Å². The van der Waals surface area contributed by atoms with Crippen LogP contribution >= 0.6 is 0 Å². The second-order valence-corrected chi connectivity index (χ2v) is 7.03. The van der Waals surface area contributed by atoms with Crippen LogP contribution in [0.5, 0.6) is 0 Å². The Hall–Kier alpha value is -0.120. The monoisotopic (exact) mass is 242 g/mol. The molecular formula is C14H30N2O. The molecule has 3 heteroatoms. The minimum absolute atomic E-state index is 0.147. The molecule has 0 amide bonds. The molecule has 0 saturated carbocycles. The standard InChI is InChI=1S/C14H30N2O/c1-13(2,3)16-12(7-10-17)11-15(6)9-8-14(16,4)5/h12,17H,7-11H2,1-6H3. The maximum atomic E-state index is 9.31. The Kier molecular flexibility index (Phi) is 4.61. The molecule has 17 heavy (non-hydrogen) atoms. The van der Waals surface area contributed by atoms with E-state index in [-0.39, 0.29) is 17.7 Å². The van der Waals surface area contributed by atoms with Gasteiger partial charge in [0.05, 0.1) is 0 Å². The highest BCUT2D eigenvalue weighted by Gasteiger charge is 2.41. The zero-order valence-electron chi connectivity index (χ0n) is 12.5.